The molecule has 3 aliphatic rings. The number of nitrogens with one attached hydrogen (secondary N) is 1. The zero-order chi connectivity index (χ0) is 22.2. The summed E-state index contributed by atoms with van der Waals surface area (Å²) in [7, 11) is 0. The minimum Gasteiger partial charge on any atom is -0.381 e. The molecule has 4 rings (SSSR count). The number of rotatable bonds is 7. The van der Waals surface area contributed by atoms with Gasteiger partial charge in [0.25, 0.3) is 0 Å². The summed E-state index contributed by atoms with van der Waals surface area (Å²) in [4.78, 5) is 31.4. The molecule has 8 heteroatoms. The number of hydrogen-bond acceptors (Lipinski definition) is 6. The molecule has 0 aromatic heterocycles. The summed E-state index contributed by atoms with van der Waals surface area (Å²) in [5, 5.41) is 3.20. The first-order valence-corrected chi connectivity index (χ1v) is 11.8. The number of carbonyl (C=O) groups excluding carboxylic acids is 2. The summed E-state index contributed by atoms with van der Waals surface area (Å²) in [5.74, 6) is 0.256. The molecular formula is C24H36N4O4. The second kappa shape index (κ2) is 11.2. The number of nitrogens with zero attached hydrogens (tertiary/aromatic N) is 3. The van der Waals surface area contributed by atoms with Gasteiger partial charge in [0, 0.05) is 64.4 Å². The third-order valence-corrected chi connectivity index (χ3v) is 7.01. The van der Waals surface area contributed by atoms with Crippen molar-refractivity contribution in [2.75, 3.05) is 85.3 Å². The van der Waals surface area contributed by atoms with E-state index < -0.39 is 0 Å². The van der Waals surface area contributed by atoms with Crippen LogP contribution >= 0.6 is 0 Å². The average molecular weight is 445 g/mol. The van der Waals surface area contributed by atoms with Crippen LogP contribution in [0.5, 0.6) is 0 Å². The third kappa shape index (κ3) is 6.07. The summed E-state index contributed by atoms with van der Waals surface area (Å²) in [6.45, 7) is 8.87. The maximum Gasteiger partial charge on any atom is 0.236 e. The molecule has 0 aliphatic carbocycles. The van der Waals surface area contributed by atoms with Crippen LogP contribution in [0, 0.1) is 0 Å². The minimum atomic E-state index is -0.0479. The highest BCUT2D eigenvalue weighted by atomic mass is 16.5. The molecule has 3 aliphatic heterocycles. The molecule has 2 amide bonds. The lowest BCUT2D eigenvalue weighted by Gasteiger charge is -2.38. The van der Waals surface area contributed by atoms with Gasteiger partial charge in [0.1, 0.15) is 0 Å². The SMILES string of the molecule is O=C(CN1CCN(CC(=O)N2CCOCC2)CC1)NCC1(c2ccccc2)CCOCC1. The first kappa shape index (κ1) is 23.2. The molecule has 1 aromatic rings. The predicted octanol–water partition coefficient (Wildman–Crippen LogP) is 0.327. The van der Waals surface area contributed by atoms with Gasteiger partial charge in [-0.2, -0.15) is 0 Å². The van der Waals surface area contributed by atoms with Crippen LogP contribution < -0.4 is 5.32 Å². The van der Waals surface area contributed by atoms with E-state index in [-0.39, 0.29) is 17.2 Å². The summed E-state index contributed by atoms with van der Waals surface area (Å²) >= 11 is 0. The van der Waals surface area contributed by atoms with Crippen molar-refractivity contribution in [2.45, 2.75) is 18.3 Å². The third-order valence-electron chi connectivity index (χ3n) is 7.01. The zero-order valence-electron chi connectivity index (χ0n) is 19.0. The highest BCUT2D eigenvalue weighted by Gasteiger charge is 2.35. The van der Waals surface area contributed by atoms with Gasteiger partial charge in [-0.1, -0.05) is 30.3 Å². The van der Waals surface area contributed by atoms with E-state index in [4.69, 9.17) is 9.47 Å². The fourth-order valence-corrected chi connectivity index (χ4v) is 4.86. The second-order valence-electron chi connectivity index (χ2n) is 9.08. The van der Waals surface area contributed by atoms with Crippen molar-refractivity contribution in [1.82, 2.24) is 20.0 Å². The van der Waals surface area contributed by atoms with Crippen molar-refractivity contribution in [3.05, 3.63) is 35.9 Å². The Morgan fingerprint density at radius 1 is 0.812 bits per heavy atom. The maximum absolute atomic E-state index is 12.7. The van der Waals surface area contributed by atoms with Crippen molar-refractivity contribution >= 4 is 11.8 Å². The van der Waals surface area contributed by atoms with Crippen LogP contribution in [0.4, 0.5) is 0 Å². The number of carbonyl (C=O) groups is 2. The smallest absolute Gasteiger partial charge is 0.236 e. The van der Waals surface area contributed by atoms with Crippen LogP contribution in [0.2, 0.25) is 0 Å². The summed E-state index contributed by atoms with van der Waals surface area (Å²) < 4.78 is 10.9. The zero-order valence-corrected chi connectivity index (χ0v) is 19.0. The second-order valence-corrected chi connectivity index (χ2v) is 9.08. The molecule has 176 valence electrons. The molecule has 0 bridgehead atoms. The Bertz CT molecular complexity index is 740. The lowest BCUT2D eigenvalue weighted by molar-refractivity contribution is -0.137. The van der Waals surface area contributed by atoms with E-state index in [0.717, 1.165) is 52.2 Å². The van der Waals surface area contributed by atoms with Gasteiger partial charge in [-0.3, -0.25) is 19.4 Å². The van der Waals surface area contributed by atoms with Crippen LogP contribution in [-0.4, -0.2) is 112 Å². The molecule has 0 saturated carbocycles. The number of piperazine rings is 1. The van der Waals surface area contributed by atoms with Gasteiger partial charge in [-0.05, 0) is 18.4 Å². The molecule has 3 heterocycles. The van der Waals surface area contributed by atoms with Gasteiger partial charge in [-0.15, -0.1) is 0 Å². The van der Waals surface area contributed by atoms with E-state index in [9.17, 15) is 9.59 Å². The Morgan fingerprint density at radius 3 is 2.06 bits per heavy atom. The van der Waals surface area contributed by atoms with Gasteiger partial charge in [0.2, 0.25) is 11.8 Å². The summed E-state index contributed by atoms with van der Waals surface area (Å²) in [5.41, 5.74) is 1.23. The molecule has 0 spiro atoms. The van der Waals surface area contributed by atoms with Crippen molar-refractivity contribution in [3.8, 4) is 0 Å². The lowest BCUT2D eigenvalue weighted by Crippen LogP contribution is -2.53. The average Bonchev–Trinajstić information content (AvgIpc) is 2.86. The van der Waals surface area contributed by atoms with Crippen LogP contribution in [0.3, 0.4) is 0 Å². The van der Waals surface area contributed by atoms with Crippen LogP contribution in [0.15, 0.2) is 30.3 Å². The van der Waals surface area contributed by atoms with Crippen molar-refractivity contribution < 1.29 is 19.1 Å². The molecule has 8 nitrogen and oxygen atoms in total. The molecule has 1 aromatic carbocycles. The minimum absolute atomic E-state index is 0.0479. The first-order valence-electron chi connectivity index (χ1n) is 11.8. The predicted molar refractivity (Wildman–Crippen MR) is 121 cm³/mol. The number of amides is 2. The van der Waals surface area contributed by atoms with Crippen molar-refractivity contribution in [2.24, 2.45) is 0 Å². The Labute approximate surface area is 190 Å². The largest absolute Gasteiger partial charge is 0.381 e. The monoisotopic (exact) mass is 444 g/mol. The van der Waals surface area contributed by atoms with E-state index in [0.29, 0.717) is 45.9 Å². The molecule has 0 radical (unpaired) electrons. The Balaban J connectivity index is 1.20. The van der Waals surface area contributed by atoms with Crippen molar-refractivity contribution in [3.63, 3.8) is 0 Å². The topological polar surface area (TPSA) is 74.4 Å². The highest BCUT2D eigenvalue weighted by Crippen LogP contribution is 2.34. The number of morpholine rings is 1. The van der Waals surface area contributed by atoms with E-state index >= 15 is 0 Å². The quantitative estimate of drug-likeness (QED) is 0.653. The summed E-state index contributed by atoms with van der Waals surface area (Å²) in [6.07, 6.45) is 1.85. The van der Waals surface area contributed by atoms with Crippen molar-refractivity contribution in [1.29, 1.82) is 0 Å². The number of benzene rings is 1. The Kier molecular flexibility index (Phi) is 8.13. The van der Waals surface area contributed by atoms with Gasteiger partial charge in [0.05, 0.1) is 26.3 Å². The van der Waals surface area contributed by atoms with E-state index in [1.165, 1.54) is 5.56 Å². The van der Waals surface area contributed by atoms with Crippen LogP contribution in [0.25, 0.3) is 0 Å². The van der Waals surface area contributed by atoms with Crippen LogP contribution in [0.1, 0.15) is 18.4 Å². The highest BCUT2D eigenvalue weighted by molar-refractivity contribution is 5.79. The lowest BCUT2D eigenvalue weighted by atomic mass is 9.74. The Morgan fingerprint density at radius 2 is 1.41 bits per heavy atom. The van der Waals surface area contributed by atoms with E-state index in [1.54, 1.807) is 0 Å². The molecule has 1 N–H and O–H groups in total. The van der Waals surface area contributed by atoms with E-state index in [2.05, 4.69) is 39.4 Å². The van der Waals surface area contributed by atoms with Crippen LogP contribution in [-0.2, 0) is 24.5 Å². The summed E-state index contributed by atoms with van der Waals surface area (Å²) in [6, 6.07) is 10.5. The number of ether oxygens (including phenoxy) is 2. The maximum atomic E-state index is 12.7. The van der Waals surface area contributed by atoms with Gasteiger partial charge < -0.3 is 19.7 Å². The van der Waals surface area contributed by atoms with Gasteiger partial charge >= 0.3 is 0 Å². The van der Waals surface area contributed by atoms with Gasteiger partial charge in [0.15, 0.2) is 0 Å². The molecule has 3 fully saturated rings. The fourth-order valence-electron chi connectivity index (χ4n) is 4.86. The van der Waals surface area contributed by atoms with Gasteiger partial charge in [-0.25, -0.2) is 0 Å². The van der Waals surface area contributed by atoms with E-state index in [1.807, 2.05) is 11.0 Å². The molecular weight excluding hydrogens is 408 g/mol. The number of hydrogen-bond donors (Lipinski definition) is 1. The first-order chi connectivity index (χ1) is 15.6. The molecule has 32 heavy (non-hydrogen) atoms. The molecule has 0 unspecified atom stereocenters. The standard InChI is InChI=1S/C24H36N4O4/c29-22(25-20-24(6-14-31-15-7-24)21-4-2-1-3-5-21)18-26-8-10-27(11-9-26)19-23(30)28-12-16-32-17-13-28/h1-5H,6-20H2,(H,25,29). The Hall–Kier alpha value is -2.00. The fraction of sp³-hybridized carbons (Fsp3) is 0.667. The molecule has 3 saturated heterocycles. The normalized spacial score (nSPS) is 22.4. The molecule has 0 atom stereocenters.